The third-order valence-electron chi connectivity index (χ3n) is 5.17. The van der Waals surface area contributed by atoms with Crippen LogP contribution in [0.5, 0.6) is 0 Å². The van der Waals surface area contributed by atoms with Crippen molar-refractivity contribution in [1.82, 2.24) is 10.6 Å². The molecule has 2 N–H and O–H groups in total. The number of halogens is 1. The highest BCUT2D eigenvalue weighted by molar-refractivity contribution is 7.85. The summed E-state index contributed by atoms with van der Waals surface area (Å²) in [6.07, 6.45) is 7.29. The molecule has 1 aromatic rings. The van der Waals surface area contributed by atoms with Crippen molar-refractivity contribution < 1.29 is 13.4 Å². The minimum absolute atomic E-state index is 0.154. The number of amides is 2. The lowest BCUT2D eigenvalue weighted by Crippen LogP contribution is -2.52. The predicted molar refractivity (Wildman–Crippen MR) is 89.3 cm³/mol. The van der Waals surface area contributed by atoms with Crippen LogP contribution in [0.2, 0.25) is 0 Å². The van der Waals surface area contributed by atoms with Crippen molar-refractivity contribution in [2.75, 3.05) is 12.8 Å². The maximum Gasteiger partial charge on any atom is 0.315 e. The number of fused-ring (bicyclic) bond motifs is 1. The molecule has 0 bridgehead atoms. The maximum absolute atomic E-state index is 13.5. The summed E-state index contributed by atoms with van der Waals surface area (Å²) in [7, 11) is -0.937. The predicted octanol–water partition coefficient (Wildman–Crippen LogP) is 2.80. The van der Waals surface area contributed by atoms with Crippen molar-refractivity contribution in [2.24, 2.45) is 0 Å². The largest absolute Gasteiger partial charge is 0.337 e. The average molecular weight is 338 g/mol. The van der Waals surface area contributed by atoms with Crippen molar-refractivity contribution in [3.05, 3.63) is 35.1 Å². The van der Waals surface area contributed by atoms with Gasteiger partial charge in [0.2, 0.25) is 0 Å². The van der Waals surface area contributed by atoms with Gasteiger partial charge in [-0.3, -0.25) is 4.21 Å². The third kappa shape index (κ3) is 3.42. The number of carbonyl (C=O) groups is 1. The Morgan fingerprint density at radius 1 is 1.39 bits per heavy atom. The first-order chi connectivity index (χ1) is 11.0. The molecule has 0 heterocycles. The van der Waals surface area contributed by atoms with E-state index in [9.17, 15) is 13.4 Å². The molecule has 0 aliphatic heterocycles. The van der Waals surface area contributed by atoms with Gasteiger partial charge in [0.1, 0.15) is 5.82 Å². The molecular formula is C17H23FN2O2S. The smallest absolute Gasteiger partial charge is 0.315 e. The summed E-state index contributed by atoms with van der Waals surface area (Å²) in [6.45, 7) is 0.435. The molecule has 2 aliphatic carbocycles. The molecule has 126 valence electrons. The minimum Gasteiger partial charge on any atom is -0.337 e. The van der Waals surface area contributed by atoms with Gasteiger partial charge in [0.15, 0.2) is 0 Å². The monoisotopic (exact) mass is 338 g/mol. The maximum atomic E-state index is 13.5. The molecule has 0 unspecified atom stereocenters. The molecule has 6 heteroatoms. The number of benzene rings is 1. The van der Waals surface area contributed by atoms with Crippen LogP contribution in [-0.4, -0.2) is 27.8 Å². The van der Waals surface area contributed by atoms with E-state index in [1.807, 2.05) is 0 Å². The Balaban J connectivity index is 1.61. The van der Waals surface area contributed by atoms with E-state index >= 15 is 0 Å². The number of urea groups is 1. The quantitative estimate of drug-likeness (QED) is 0.887. The zero-order valence-corrected chi connectivity index (χ0v) is 14.2. The van der Waals surface area contributed by atoms with E-state index in [0.717, 1.165) is 49.7 Å². The second-order valence-electron chi connectivity index (χ2n) is 6.61. The molecule has 2 aliphatic rings. The fourth-order valence-electron chi connectivity index (χ4n) is 3.51. The van der Waals surface area contributed by atoms with Gasteiger partial charge in [0.25, 0.3) is 0 Å². The Hall–Kier alpha value is -1.43. The summed E-state index contributed by atoms with van der Waals surface area (Å²) in [5, 5.41) is 5.81. The lowest BCUT2D eigenvalue weighted by atomic mass is 9.84. The zero-order chi connectivity index (χ0) is 16.4. The average Bonchev–Trinajstić information content (AvgIpc) is 2.46. The Morgan fingerprint density at radius 3 is 2.83 bits per heavy atom. The van der Waals surface area contributed by atoms with Crippen molar-refractivity contribution >= 4 is 16.8 Å². The first-order valence-electron chi connectivity index (χ1n) is 8.16. The highest BCUT2D eigenvalue weighted by Gasteiger charge is 2.41. The molecule has 0 spiro atoms. The first kappa shape index (κ1) is 16.4. The highest BCUT2D eigenvalue weighted by Crippen LogP contribution is 2.36. The molecule has 3 rings (SSSR count). The minimum atomic E-state index is -0.937. The van der Waals surface area contributed by atoms with Gasteiger partial charge in [-0.1, -0.05) is 12.5 Å². The summed E-state index contributed by atoms with van der Waals surface area (Å²) in [6, 6.07) is 4.38. The molecule has 1 fully saturated rings. The topological polar surface area (TPSA) is 58.2 Å². The molecule has 0 saturated heterocycles. The fourth-order valence-corrected chi connectivity index (χ4v) is 4.65. The van der Waals surface area contributed by atoms with E-state index in [2.05, 4.69) is 10.6 Å². The van der Waals surface area contributed by atoms with Gasteiger partial charge >= 0.3 is 6.03 Å². The number of hydrogen-bond acceptors (Lipinski definition) is 2. The SMILES string of the molecule is C[S@](=O)C1(CNC(=O)N[C@@H]2CCCc3ccc(F)cc32)CCC1. The van der Waals surface area contributed by atoms with E-state index < -0.39 is 10.8 Å². The standard InChI is InChI=1S/C17H23FN2O2S/c1-23(22)17(8-3-9-17)11-19-16(21)20-15-5-2-4-12-6-7-13(18)10-14(12)15/h6-7,10,15H,2-5,8-9,11H2,1H3,(H2,19,20,21)/t15-,23+/m1/s1. The highest BCUT2D eigenvalue weighted by atomic mass is 32.2. The number of hydrogen-bond donors (Lipinski definition) is 2. The molecule has 4 nitrogen and oxygen atoms in total. The lowest BCUT2D eigenvalue weighted by Gasteiger charge is -2.40. The first-order valence-corrected chi connectivity index (χ1v) is 9.72. The van der Waals surface area contributed by atoms with Crippen LogP contribution in [0.4, 0.5) is 9.18 Å². The van der Waals surface area contributed by atoms with Crippen molar-refractivity contribution in [3.8, 4) is 0 Å². The van der Waals surface area contributed by atoms with E-state index in [-0.39, 0.29) is 22.6 Å². The number of carbonyl (C=O) groups excluding carboxylic acids is 1. The summed E-state index contributed by atoms with van der Waals surface area (Å²) in [5.41, 5.74) is 1.98. The summed E-state index contributed by atoms with van der Waals surface area (Å²) >= 11 is 0. The zero-order valence-electron chi connectivity index (χ0n) is 13.4. The van der Waals surface area contributed by atoms with Crippen LogP contribution < -0.4 is 10.6 Å². The molecule has 2 amide bonds. The molecular weight excluding hydrogens is 315 g/mol. The van der Waals surface area contributed by atoms with Crippen LogP contribution in [0.15, 0.2) is 18.2 Å². The second-order valence-corrected chi connectivity index (χ2v) is 8.38. The van der Waals surface area contributed by atoms with Gasteiger partial charge in [0.05, 0.1) is 10.8 Å². The molecule has 0 aromatic heterocycles. The van der Waals surface area contributed by atoms with Crippen LogP contribution in [0, 0.1) is 5.82 Å². The van der Waals surface area contributed by atoms with Gasteiger partial charge in [-0.15, -0.1) is 0 Å². The van der Waals surface area contributed by atoms with Crippen LogP contribution in [0.25, 0.3) is 0 Å². The Labute approximate surface area is 138 Å². The lowest BCUT2D eigenvalue weighted by molar-refractivity contribution is 0.230. The molecule has 1 saturated carbocycles. The Bertz CT molecular complexity index is 631. The second kappa shape index (κ2) is 6.59. The summed E-state index contributed by atoms with van der Waals surface area (Å²) < 4.78 is 25.1. The molecule has 23 heavy (non-hydrogen) atoms. The number of nitrogens with one attached hydrogen (secondary N) is 2. The van der Waals surface area contributed by atoms with E-state index in [1.54, 1.807) is 12.3 Å². The third-order valence-corrected chi connectivity index (χ3v) is 6.95. The van der Waals surface area contributed by atoms with Crippen molar-refractivity contribution in [2.45, 2.75) is 49.3 Å². The van der Waals surface area contributed by atoms with Crippen LogP contribution in [0.1, 0.15) is 49.3 Å². The molecule has 0 radical (unpaired) electrons. The van der Waals surface area contributed by atoms with E-state index in [4.69, 9.17) is 0 Å². The molecule has 2 atom stereocenters. The van der Waals surface area contributed by atoms with Gasteiger partial charge in [-0.2, -0.15) is 0 Å². The Morgan fingerprint density at radius 2 is 2.17 bits per heavy atom. The number of rotatable bonds is 4. The van der Waals surface area contributed by atoms with Gasteiger partial charge < -0.3 is 10.6 Å². The van der Waals surface area contributed by atoms with E-state index in [1.165, 1.54) is 12.1 Å². The van der Waals surface area contributed by atoms with Crippen molar-refractivity contribution in [3.63, 3.8) is 0 Å². The normalized spacial score (nSPS) is 23.3. The summed E-state index contributed by atoms with van der Waals surface area (Å²) in [5.74, 6) is -0.271. The Kier molecular flexibility index (Phi) is 4.71. The number of aryl methyl sites for hydroxylation is 1. The van der Waals surface area contributed by atoms with Crippen LogP contribution in [0.3, 0.4) is 0 Å². The van der Waals surface area contributed by atoms with Gasteiger partial charge in [0, 0.05) is 23.6 Å². The summed E-state index contributed by atoms with van der Waals surface area (Å²) in [4.78, 5) is 12.2. The van der Waals surface area contributed by atoms with E-state index in [0.29, 0.717) is 6.54 Å². The van der Waals surface area contributed by atoms with Gasteiger partial charge in [-0.25, -0.2) is 9.18 Å². The fraction of sp³-hybridized carbons (Fsp3) is 0.588. The van der Waals surface area contributed by atoms with Gasteiger partial charge in [-0.05, 0) is 55.4 Å². The van der Waals surface area contributed by atoms with Crippen LogP contribution in [-0.2, 0) is 17.2 Å². The van der Waals surface area contributed by atoms with Crippen molar-refractivity contribution in [1.29, 1.82) is 0 Å². The van der Waals surface area contributed by atoms with Crippen LogP contribution >= 0.6 is 0 Å². The molecule has 1 aromatic carbocycles.